The van der Waals surface area contributed by atoms with Gasteiger partial charge in [0, 0.05) is 107 Å². The van der Waals surface area contributed by atoms with Crippen LogP contribution in [-0.4, -0.2) is 132 Å². The van der Waals surface area contributed by atoms with E-state index in [-0.39, 0.29) is 59.7 Å². The monoisotopic (exact) mass is 888 g/mol. The Morgan fingerprint density at radius 3 is 2.34 bits per heavy atom. The summed E-state index contributed by atoms with van der Waals surface area (Å²) >= 11 is 0. The summed E-state index contributed by atoms with van der Waals surface area (Å²) in [5, 5.41) is 21.4. The normalized spacial score (nSPS) is 23.8. The number of aromatic nitrogens is 2. The number of piperazine rings is 1. The van der Waals surface area contributed by atoms with Crippen molar-refractivity contribution in [1.82, 2.24) is 25.3 Å². The van der Waals surface area contributed by atoms with Gasteiger partial charge in [0.2, 0.25) is 11.8 Å². The zero-order chi connectivity index (χ0) is 44.9. The molecule has 65 heavy (non-hydrogen) atoms. The van der Waals surface area contributed by atoms with E-state index in [0.29, 0.717) is 81.2 Å². The van der Waals surface area contributed by atoms with Crippen LogP contribution in [-0.2, 0) is 9.59 Å². The fraction of sp³-hybridized carbons (Fsp3) is 0.479. The number of urea groups is 1. The number of carbonyl (C=O) groups is 3. The molecule has 4 aromatic rings. The van der Waals surface area contributed by atoms with Gasteiger partial charge in [0.1, 0.15) is 35.6 Å². The molecule has 0 spiro atoms. The zero-order valence-corrected chi connectivity index (χ0v) is 36.9. The van der Waals surface area contributed by atoms with Crippen LogP contribution in [0.1, 0.15) is 58.3 Å². The van der Waals surface area contributed by atoms with Gasteiger partial charge in [-0.05, 0) is 75.4 Å². The van der Waals surface area contributed by atoms with E-state index in [4.69, 9.17) is 15.2 Å². The molecule has 4 N–H and O–H groups in total. The first-order valence-electron chi connectivity index (χ1n) is 23.1. The minimum Gasteiger partial charge on any atom is -0.507 e. The fourth-order valence-corrected chi connectivity index (χ4v) is 11.0. The van der Waals surface area contributed by atoms with Gasteiger partial charge >= 0.3 is 6.03 Å². The van der Waals surface area contributed by atoms with E-state index in [0.717, 1.165) is 67.3 Å². The van der Waals surface area contributed by atoms with Crippen LogP contribution in [0.4, 0.5) is 37.8 Å². The predicted molar refractivity (Wildman–Crippen MR) is 245 cm³/mol. The van der Waals surface area contributed by atoms with Gasteiger partial charge in [-0.25, -0.2) is 9.18 Å². The second-order valence-electron chi connectivity index (χ2n) is 18.4. The van der Waals surface area contributed by atoms with Gasteiger partial charge in [-0.15, -0.1) is 10.2 Å². The molecule has 0 radical (unpaired) electrons. The van der Waals surface area contributed by atoms with Gasteiger partial charge in [0.05, 0.1) is 29.3 Å². The maximum absolute atomic E-state index is 15.3. The number of nitrogens with one attached hydrogen (secondary N) is 1. The average molecular weight is 889 g/mol. The zero-order valence-electron chi connectivity index (χ0n) is 36.9. The molecular formula is C48H57FN10O6. The smallest absolute Gasteiger partial charge is 0.319 e. The lowest BCUT2D eigenvalue weighted by atomic mass is 10.00. The first-order valence-corrected chi connectivity index (χ1v) is 23.1. The van der Waals surface area contributed by atoms with Crippen LogP contribution in [0.15, 0.2) is 66.7 Å². The number of hydrogen-bond donors (Lipinski definition) is 3. The number of phenolic OH excluding ortho intramolecular Hbond substituents is 1. The van der Waals surface area contributed by atoms with Gasteiger partial charge in [0.15, 0.2) is 11.6 Å². The van der Waals surface area contributed by atoms with Crippen molar-refractivity contribution in [3.05, 3.63) is 72.5 Å². The van der Waals surface area contributed by atoms with E-state index < -0.39 is 6.04 Å². The summed E-state index contributed by atoms with van der Waals surface area (Å²) in [5.74, 6) is 0.865. The molecule has 1 aromatic heterocycles. The third kappa shape index (κ3) is 8.36. The number of imide groups is 1. The molecule has 17 heteroatoms. The number of fused-ring (bicyclic) bond motifs is 3. The van der Waals surface area contributed by atoms with Crippen molar-refractivity contribution < 1.29 is 33.4 Å². The van der Waals surface area contributed by atoms with Crippen molar-refractivity contribution in [2.45, 2.75) is 94.7 Å². The Labute approximate surface area is 378 Å². The number of carbonyl (C=O) groups excluding carboxylic acids is 3. The SMILES string of the molecule is C[C@@H]1CN(C2CCC(=O)NC2=O)c2cccc(N3CCC(N(C)C(=O)N4CCC(Oc5cc(F)cc(N6[C@@H]7CC[C@H]6CN(c6cc(-c8ccccc8O)nnc6N)C7)c5)CC4)CC3)c2O1. The Bertz CT molecular complexity index is 2450. The Balaban J connectivity index is 0.729. The summed E-state index contributed by atoms with van der Waals surface area (Å²) in [4.78, 5) is 51.3. The molecule has 3 aromatic carbocycles. The third-order valence-electron chi connectivity index (χ3n) is 14.3. The Kier molecular flexibility index (Phi) is 11.4. The van der Waals surface area contributed by atoms with E-state index in [9.17, 15) is 19.5 Å². The number of halogens is 1. The van der Waals surface area contributed by atoms with E-state index in [2.05, 4.69) is 41.2 Å². The molecule has 1 unspecified atom stereocenters. The molecule has 10 rings (SSSR count). The quantitative estimate of drug-likeness (QED) is 0.193. The van der Waals surface area contributed by atoms with Gasteiger partial charge in [-0.3, -0.25) is 14.9 Å². The van der Waals surface area contributed by atoms with Crippen molar-refractivity contribution in [3.8, 4) is 28.5 Å². The number of para-hydroxylation sites is 2. The molecule has 6 aliphatic rings. The molecule has 6 aliphatic heterocycles. The Morgan fingerprint density at radius 2 is 1.60 bits per heavy atom. The molecule has 0 saturated carbocycles. The number of hydrogen-bond acceptors (Lipinski definition) is 13. The second kappa shape index (κ2) is 17.5. The lowest BCUT2D eigenvalue weighted by molar-refractivity contribution is -0.134. The van der Waals surface area contributed by atoms with E-state index in [1.807, 2.05) is 54.1 Å². The van der Waals surface area contributed by atoms with Crippen molar-refractivity contribution in [1.29, 1.82) is 0 Å². The number of piperidine rings is 3. The van der Waals surface area contributed by atoms with E-state index >= 15 is 4.39 Å². The molecule has 5 saturated heterocycles. The number of likely N-dealkylation sites (tertiary alicyclic amines) is 1. The maximum Gasteiger partial charge on any atom is 0.319 e. The first-order chi connectivity index (χ1) is 31.5. The third-order valence-corrected chi connectivity index (χ3v) is 14.3. The van der Waals surface area contributed by atoms with Gasteiger partial charge in [-0.2, -0.15) is 0 Å². The molecule has 4 atom stereocenters. The van der Waals surface area contributed by atoms with Crippen LogP contribution in [0.3, 0.4) is 0 Å². The number of ether oxygens (including phenoxy) is 2. The number of nitrogens with two attached hydrogens (primary N) is 1. The minimum absolute atomic E-state index is 0.0115. The highest BCUT2D eigenvalue weighted by atomic mass is 19.1. The molecule has 5 fully saturated rings. The van der Waals surface area contributed by atoms with Crippen molar-refractivity contribution in [3.63, 3.8) is 0 Å². The number of amides is 4. The number of aromatic hydroxyl groups is 1. The summed E-state index contributed by atoms with van der Waals surface area (Å²) in [6, 6.07) is 19.9. The Morgan fingerprint density at radius 1 is 0.862 bits per heavy atom. The highest BCUT2D eigenvalue weighted by Gasteiger charge is 2.42. The van der Waals surface area contributed by atoms with Crippen molar-refractivity contribution >= 4 is 46.4 Å². The van der Waals surface area contributed by atoms with Crippen LogP contribution >= 0.6 is 0 Å². The summed E-state index contributed by atoms with van der Waals surface area (Å²) in [7, 11) is 1.90. The first kappa shape index (κ1) is 42.4. The average Bonchev–Trinajstić information content (AvgIpc) is 3.57. The fourth-order valence-electron chi connectivity index (χ4n) is 11.0. The van der Waals surface area contributed by atoms with Crippen LogP contribution in [0.5, 0.6) is 17.2 Å². The van der Waals surface area contributed by atoms with Crippen LogP contribution < -0.4 is 40.1 Å². The summed E-state index contributed by atoms with van der Waals surface area (Å²) in [5.41, 5.74) is 10.9. The van der Waals surface area contributed by atoms with Gasteiger partial charge in [0.25, 0.3) is 0 Å². The standard InChI is InChI=1S/C48H57FN10O6/c1-29-26-58(41-12-13-44(61)51-47(41)62)40-8-5-7-39(45(40)64-29)55-18-14-31(15-19-55)54(2)48(63)56-20-16-35(17-21-56)65-36-23-30(49)22-34(24-36)59-32-10-11-33(59)28-57(27-32)42-25-38(52-53-46(42)50)37-6-3-4-9-43(37)60/h3-9,22-25,29,31-33,35,41,60H,10-21,26-28H2,1-2H3,(H2,50,53)(H,51,61,62)/t29-,32-,33+,41?/m1/s1. The summed E-state index contributed by atoms with van der Waals surface area (Å²) < 4.78 is 28.2. The highest BCUT2D eigenvalue weighted by Crippen LogP contribution is 2.45. The summed E-state index contributed by atoms with van der Waals surface area (Å²) in [6.45, 7) is 6.50. The number of nitrogens with zero attached hydrogens (tertiary/aromatic N) is 8. The molecular weight excluding hydrogens is 832 g/mol. The number of benzene rings is 3. The van der Waals surface area contributed by atoms with Crippen LogP contribution in [0.25, 0.3) is 11.3 Å². The number of nitrogen functional groups attached to an aromatic ring is 1. The van der Waals surface area contributed by atoms with Crippen molar-refractivity contribution in [2.75, 3.05) is 78.2 Å². The maximum atomic E-state index is 15.3. The molecule has 16 nitrogen and oxygen atoms in total. The van der Waals surface area contributed by atoms with Crippen LogP contribution in [0.2, 0.25) is 0 Å². The van der Waals surface area contributed by atoms with E-state index in [1.165, 1.54) is 6.07 Å². The lowest BCUT2D eigenvalue weighted by Crippen LogP contribution is -2.56. The minimum atomic E-state index is -0.426. The Hall–Kier alpha value is -6.52. The van der Waals surface area contributed by atoms with Gasteiger partial charge < -0.3 is 49.7 Å². The molecule has 4 amide bonds. The number of phenols is 1. The van der Waals surface area contributed by atoms with E-state index in [1.54, 1.807) is 24.3 Å². The topological polar surface area (TPSA) is 173 Å². The number of anilines is 5. The molecule has 342 valence electrons. The number of rotatable bonds is 8. The van der Waals surface area contributed by atoms with Gasteiger partial charge in [-0.1, -0.05) is 18.2 Å². The van der Waals surface area contributed by atoms with Crippen molar-refractivity contribution in [2.24, 2.45) is 0 Å². The second-order valence-corrected chi connectivity index (χ2v) is 18.4. The lowest BCUT2D eigenvalue weighted by Gasteiger charge is -2.44. The highest BCUT2D eigenvalue weighted by molar-refractivity contribution is 6.02. The molecule has 2 bridgehead atoms. The summed E-state index contributed by atoms with van der Waals surface area (Å²) in [6.07, 6.45) is 5.30. The van der Waals surface area contributed by atoms with Crippen LogP contribution in [0, 0.1) is 5.82 Å². The molecule has 7 heterocycles. The molecule has 0 aliphatic carbocycles. The predicted octanol–water partition coefficient (Wildman–Crippen LogP) is 5.38. The largest absolute Gasteiger partial charge is 0.507 e.